The molecule has 1 aliphatic rings. The minimum absolute atomic E-state index is 0.534. The van der Waals surface area contributed by atoms with E-state index in [0.717, 1.165) is 53.8 Å². The molecular weight excluding hydrogens is 452 g/mol. The van der Waals surface area contributed by atoms with Crippen LogP contribution >= 0.6 is 0 Å². The number of nitrogens with zero attached hydrogens (tertiary/aromatic N) is 3. The van der Waals surface area contributed by atoms with Gasteiger partial charge in [0.2, 0.25) is 0 Å². The van der Waals surface area contributed by atoms with E-state index in [1.54, 1.807) is 13.4 Å². The minimum atomic E-state index is 0.534. The molecule has 7 heteroatoms. The lowest BCUT2D eigenvalue weighted by molar-refractivity contribution is 0.157. The number of benzene rings is 3. The average Bonchev–Trinajstić information content (AvgIpc) is 2.92. The number of likely N-dealkylation sites (tertiary alicyclic amines) is 1. The van der Waals surface area contributed by atoms with E-state index in [4.69, 9.17) is 14.2 Å². The first kappa shape index (κ1) is 23.9. The summed E-state index contributed by atoms with van der Waals surface area (Å²) in [5.41, 5.74) is 2.84. The topological polar surface area (TPSA) is 68.7 Å². The van der Waals surface area contributed by atoms with Crippen LogP contribution in [-0.2, 0) is 6.61 Å². The number of ether oxygens (including phenoxy) is 3. The number of hydrogen-bond donors (Lipinski definition) is 1. The van der Waals surface area contributed by atoms with Crippen LogP contribution in [0.2, 0.25) is 0 Å². The molecule has 0 spiro atoms. The van der Waals surface area contributed by atoms with E-state index in [-0.39, 0.29) is 0 Å². The van der Waals surface area contributed by atoms with Crippen molar-refractivity contribution in [3.05, 3.63) is 78.6 Å². The summed E-state index contributed by atoms with van der Waals surface area (Å²) in [5.74, 6) is 3.47. The van der Waals surface area contributed by atoms with Crippen molar-refractivity contribution in [2.45, 2.75) is 19.4 Å². The Balaban J connectivity index is 1.27. The summed E-state index contributed by atoms with van der Waals surface area (Å²) in [6.07, 6.45) is 3.87. The van der Waals surface area contributed by atoms with Crippen LogP contribution in [0.5, 0.6) is 17.2 Å². The summed E-state index contributed by atoms with van der Waals surface area (Å²) in [4.78, 5) is 11.3. The summed E-state index contributed by atoms with van der Waals surface area (Å²) in [5, 5.41) is 4.26. The summed E-state index contributed by atoms with van der Waals surface area (Å²) in [6, 6.07) is 21.9. The molecule has 36 heavy (non-hydrogen) atoms. The monoisotopic (exact) mass is 484 g/mol. The van der Waals surface area contributed by atoms with Crippen molar-refractivity contribution in [3.63, 3.8) is 0 Å². The van der Waals surface area contributed by atoms with Crippen molar-refractivity contribution in [1.82, 2.24) is 14.9 Å². The normalized spacial score (nSPS) is 14.5. The highest BCUT2D eigenvalue weighted by molar-refractivity contribution is 5.93. The highest BCUT2D eigenvalue weighted by atomic mass is 16.5. The summed E-state index contributed by atoms with van der Waals surface area (Å²) in [7, 11) is 3.83. The largest absolute Gasteiger partial charge is 0.493 e. The van der Waals surface area contributed by atoms with Gasteiger partial charge in [-0.05, 0) is 74.8 Å². The minimum Gasteiger partial charge on any atom is -0.493 e. The molecule has 1 fully saturated rings. The van der Waals surface area contributed by atoms with E-state index in [9.17, 15) is 0 Å². The van der Waals surface area contributed by atoms with Crippen molar-refractivity contribution in [3.8, 4) is 17.2 Å². The molecule has 1 aliphatic heterocycles. The average molecular weight is 485 g/mol. The number of piperidine rings is 1. The smallest absolute Gasteiger partial charge is 0.163 e. The number of aromatic nitrogens is 2. The zero-order valence-electron chi connectivity index (χ0n) is 20.8. The summed E-state index contributed by atoms with van der Waals surface area (Å²) >= 11 is 0. The zero-order chi connectivity index (χ0) is 24.7. The summed E-state index contributed by atoms with van der Waals surface area (Å²) in [6.45, 7) is 3.45. The van der Waals surface area contributed by atoms with Crippen molar-refractivity contribution < 1.29 is 14.2 Å². The third-order valence-electron chi connectivity index (χ3n) is 6.60. The Hall–Kier alpha value is -3.84. The fraction of sp³-hybridized carbons (Fsp3) is 0.310. The van der Waals surface area contributed by atoms with Crippen LogP contribution in [0.3, 0.4) is 0 Å². The van der Waals surface area contributed by atoms with Gasteiger partial charge in [-0.25, -0.2) is 9.97 Å². The number of methoxy groups -OCH3 is 1. The molecule has 2 heterocycles. The Kier molecular flexibility index (Phi) is 7.47. The third kappa shape index (κ3) is 5.86. The number of hydrogen-bond acceptors (Lipinski definition) is 7. The molecule has 0 bridgehead atoms. The van der Waals surface area contributed by atoms with Crippen LogP contribution in [0.25, 0.3) is 10.9 Å². The van der Waals surface area contributed by atoms with E-state index < -0.39 is 0 Å². The van der Waals surface area contributed by atoms with Crippen molar-refractivity contribution in [1.29, 1.82) is 0 Å². The Labute approximate surface area is 212 Å². The first-order chi connectivity index (χ1) is 17.7. The molecule has 1 aromatic heterocycles. The van der Waals surface area contributed by atoms with E-state index in [2.05, 4.69) is 39.4 Å². The molecule has 0 radical (unpaired) electrons. The van der Waals surface area contributed by atoms with Gasteiger partial charge in [-0.2, -0.15) is 0 Å². The van der Waals surface area contributed by atoms with E-state index in [1.165, 1.54) is 0 Å². The molecule has 0 atom stereocenters. The molecule has 1 saturated heterocycles. The maximum absolute atomic E-state index is 6.20. The Morgan fingerprint density at radius 1 is 0.917 bits per heavy atom. The predicted octanol–water partition coefficient (Wildman–Crippen LogP) is 5.68. The lowest BCUT2D eigenvalue weighted by atomic mass is 9.98. The van der Waals surface area contributed by atoms with Crippen LogP contribution in [0.1, 0.15) is 18.4 Å². The second-order valence-corrected chi connectivity index (χ2v) is 9.22. The molecule has 0 saturated carbocycles. The molecule has 0 unspecified atom stereocenters. The zero-order valence-corrected chi connectivity index (χ0v) is 20.8. The molecule has 186 valence electrons. The standard InChI is InChI=1S/C29H32N4O3/c1-33-14-12-22(13-15-33)19-36-28-17-26-25(16-27(28)34-2)29(31-20-30-26)32-23-8-10-24(11-9-23)35-18-21-6-4-3-5-7-21/h3-11,16-17,20,22H,12-15,18-19H2,1-2H3,(H,30,31,32). The highest BCUT2D eigenvalue weighted by Crippen LogP contribution is 2.35. The van der Waals surface area contributed by atoms with Crippen LogP contribution < -0.4 is 19.5 Å². The van der Waals surface area contributed by atoms with E-state index >= 15 is 0 Å². The van der Waals surface area contributed by atoms with Crippen molar-refractivity contribution >= 4 is 22.4 Å². The number of nitrogens with one attached hydrogen (secondary N) is 1. The molecule has 5 rings (SSSR count). The quantitative estimate of drug-likeness (QED) is 0.328. The van der Waals surface area contributed by atoms with E-state index in [0.29, 0.717) is 36.4 Å². The van der Waals surface area contributed by atoms with Gasteiger partial charge < -0.3 is 24.4 Å². The Morgan fingerprint density at radius 3 is 2.44 bits per heavy atom. The van der Waals surface area contributed by atoms with Crippen LogP contribution in [0, 0.1) is 5.92 Å². The lowest BCUT2D eigenvalue weighted by Gasteiger charge is -2.28. The molecule has 4 aromatic rings. The van der Waals surface area contributed by atoms with Gasteiger partial charge in [-0.15, -0.1) is 0 Å². The van der Waals surface area contributed by atoms with Crippen LogP contribution in [0.4, 0.5) is 11.5 Å². The first-order valence-electron chi connectivity index (χ1n) is 12.4. The summed E-state index contributed by atoms with van der Waals surface area (Å²) < 4.78 is 17.8. The fourth-order valence-corrected chi connectivity index (χ4v) is 4.38. The number of rotatable bonds is 9. The third-order valence-corrected chi connectivity index (χ3v) is 6.60. The van der Waals surface area contributed by atoms with Crippen molar-refractivity contribution in [2.75, 3.05) is 39.2 Å². The maximum Gasteiger partial charge on any atom is 0.163 e. The molecule has 3 aromatic carbocycles. The number of anilines is 2. The maximum atomic E-state index is 6.20. The molecule has 1 N–H and O–H groups in total. The molecule has 7 nitrogen and oxygen atoms in total. The van der Waals surface area contributed by atoms with Gasteiger partial charge in [0.05, 0.1) is 19.2 Å². The Morgan fingerprint density at radius 2 is 1.69 bits per heavy atom. The molecular formula is C29H32N4O3. The second-order valence-electron chi connectivity index (χ2n) is 9.22. The fourth-order valence-electron chi connectivity index (χ4n) is 4.38. The van der Waals surface area contributed by atoms with Gasteiger partial charge in [0.25, 0.3) is 0 Å². The van der Waals surface area contributed by atoms with Gasteiger partial charge in [0.1, 0.15) is 24.5 Å². The second kappa shape index (κ2) is 11.3. The van der Waals surface area contributed by atoms with Gasteiger partial charge in [0.15, 0.2) is 11.5 Å². The highest BCUT2D eigenvalue weighted by Gasteiger charge is 2.19. The molecule has 0 aliphatic carbocycles. The lowest BCUT2D eigenvalue weighted by Crippen LogP contribution is -2.32. The van der Waals surface area contributed by atoms with Crippen LogP contribution in [-0.4, -0.2) is 48.7 Å². The van der Waals surface area contributed by atoms with Crippen molar-refractivity contribution in [2.24, 2.45) is 5.92 Å². The van der Waals surface area contributed by atoms with Gasteiger partial charge in [-0.3, -0.25) is 0 Å². The van der Waals surface area contributed by atoms with Crippen LogP contribution in [0.15, 0.2) is 73.1 Å². The SMILES string of the molecule is COc1cc2c(Nc3ccc(OCc4ccccc4)cc3)ncnc2cc1OCC1CCN(C)CC1. The van der Waals surface area contributed by atoms with Gasteiger partial charge in [-0.1, -0.05) is 30.3 Å². The van der Waals surface area contributed by atoms with Gasteiger partial charge >= 0.3 is 0 Å². The predicted molar refractivity (Wildman–Crippen MR) is 142 cm³/mol. The van der Waals surface area contributed by atoms with E-state index in [1.807, 2.05) is 54.6 Å². The number of fused-ring (bicyclic) bond motifs is 1. The Bertz CT molecular complexity index is 1270. The van der Waals surface area contributed by atoms with Gasteiger partial charge in [0, 0.05) is 17.1 Å². The molecule has 0 amide bonds. The first-order valence-corrected chi connectivity index (χ1v) is 12.4.